The SMILES string of the molecule is O=C1c2ccccc2C(=O)c2c(NCCCCOC(=O)[C@H]3CCCN3)cccc21. The van der Waals surface area contributed by atoms with E-state index < -0.39 is 0 Å². The Morgan fingerprint density at radius 2 is 1.76 bits per heavy atom. The molecule has 6 nitrogen and oxygen atoms in total. The largest absolute Gasteiger partial charge is 0.465 e. The molecule has 6 heteroatoms. The van der Waals surface area contributed by atoms with Gasteiger partial charge in [0.25, 0.3) is 0 Å². The van der Waals surface area contributed by atoms with Crippen molar-refractivity contribution in [2.24, 2.45) is 0 Å². The first-order chi connectivity index (χ1) is 14.2. The highest BCUT2D eigenvalue weighted by molar-refractivity contribution is 6.30. The Morgan fingerprint density at radius 3 is 2.52 bits per heavy atom. The van der Waals surface area contributed by atoms with Gasteiger partial charge in [0, 0.05) is 28.9 Å². The van der Waals surface area contributed by atoms with Crippen LogP contribution in [0.2, 0.25) is 0 Å². The molecule has 0 saturated carbocycles. The Bertz CT molecular complexity index is 948. The third kappa shape index (κ3) is 3.93. The minimum Gasteiger partial charge on any atom is -0.465 e. The van der Waals surface area contributed by atoms with Crippen LogP contribution in [0.15, 0.2) is 42.5 Å². The molecule has 0 spiro atoms. The lowest BCUT2D eigenvalue weighted by molar-refractivity contribution is -0.145. The van der Waals surface area contributed by atoms with Crippen molar-refractivity contribution in [1.29, 1.82) is 0 Å². The summed E-state index contributed by atoms with van der Waals surface area (Å²) in [4.78, 5) is 37.6. The number of anilines is 1. The summed E-state index contributed by atoms with van der Waals surface area (Å²) >= 11 is 0. The molecule has 150 valence electrons. The number of carbonyl (C=O) groups is 3. The Labute approximate surface area is 169 Å². The number of esters is 1. The van der Waals surface area contributed by atoms with Gasteiger partial charge in [0.05, 0.1) is 12.2 Å². The molecule has 0 unspecified atom stereocenters. The second-order valence-electron chi connectivity index (χ2n) is 7.38. The Balaban J connectivity index is 1.33. The van der Waals surface area contributed by atoms with Crippen molar-refractivity contribution >= 4 is 23.2 Å². The summed E-state index contributed by atoms with van der Waals surface area (Å²) in [6, 6.07) is 12.1. The molecule has 2 aromatic carbocycles. The van der Waals surface area contributed by atoms with Gasteiger partial charge in [-0.3, -0.25) is 14.4 Å². The second-order valence-corrected chi connectivity index (χ2v) is 7.38. The van der Waals surface area contributed by atoms with Crippen molar-refractivity contribution in [1.82, 2.24) is 5.32 Å². The fourth-order valence-electron chi connectivity index (χ4n) is 3.90. The molecule has 1 aliphatic heterocycles. The maximum atomic E-state index is 13.0. The second kappa shape index (κ2) is 8.57. The summed E-state index contributed by atoms with van der Waals surface area (Å²) in [5.41, 5.74) is 2.46. The van der Waals surface area contributed by atoms with E-state index in [0.29, 0.717) is 41.1 Å². The van der Waals surface area contributed by atoms with E-state index in [1.165, 1.54) is 0 Å². The van der Waals surface area contributed by atoms with Crippen LogP contribution in [0.4, 0.5) is 5.69 Å². The molecule has 1 aliphatic carbocycles. The molecule has 29 heavy (non-hydrogen) atoms. The van der Waals surface area contributed by atoms with Gasteiger partial charge in [0.1, 0.15) is 6.04 Å². The third-order valence-electron chi connectivity index (χ3n) is 5.43. The van der Waals surface area contributed by atoms with E-state index in [2.05, 4.69) is 10.6 Å². The van der Waals surface area contributed by atoms with Crippen LogP contribution in [0.5, 0.6) is 0 Å². The lowest BCUT2D eigenvalue weighted by atomic mass is 9.83. The first kappa shape index (κ1) is 19.3. The minimum absolute atomic E-state index is 0.119. The number of fused-ring (bicyclic) bond motifs is 2. The van der Waals surface area contributed by atoms with E-state index >= 15 is 0 Å². The van der Waals surface area contributed by atoms with E-state index in [4.69, 9.17) is 4.74 Å². The van der Waals surface area contributed by atoms with Gasteiger partial charge in [-0.2, -0.15) is 0 Å². The van der Waals surface area contributed by atoms with E-state index in [9.17, 15) is 14.4 Å². The first-order valence-corrected chi connectivity index (χ1v) is 10.1. The zero-order valence-electron chi connectivity index (χ0n) is 16.2. The number of hydrogen-bond acceptors (Lipinski definition) is 6. The molecular weight excluding hydrogens is 368 g/mol. The van der Waals surface area contributed by atoms with Crippen LogP contribution in [0.3, 0.4) is 0 Å². The summed E-state index contributed by atoms with van der Waals surface area (Å²) < 4.78 is 5.31. The van der Waals surface area contributed by atoms with Crippen LogP contribution in [0, 0.1) is 0 Å². The molecule has 1 fully saturated rings. The lowest BCUT2D eigenvalue weighted by Crippen LogP contribution is -2.32. The van der Waals surface area contributed by atoms with Gasteiger partial charge in [-0.25, -0.2) is 0 Å². The van der Waals surface area contributed by atoms with E-state index in [0.717, 1.165) is 32.2 Å². The molecule has 0 amide bonds. The van der Waals surface area contributed by atoms with Crippen molar-refractivity contribution in [3.05, 3.63) is 64.7 Å². The van der Waals surface area contributed by atoms with Gasteiger partial charge in [0.2, 0.25) is 0 Å². The molecule has 2 N–H and O–H groups in total. The van der Waals surface area contributed by atoms with Crippen LogP contribution >= 0.6 is 0 Å². The van der Waals surface area contributed by atoms with E-state index in [1.54, 1.807) is 36.4 Å². The highest BCUT2D eigenvalue weighted by Crippen LogP contribution is 2.31. The topological polar surface area (TPSA) is 84.5 Å². The van der Waals surface area contributed by atoms with Gasteiger partial charge >= 0.3 is 5.97 Å². The quantitative estimate of drug-likeness (QED) is 0.475. The van der Waals surface area contributed by atoms with Crippen LogP contribution in [0.25, 0.3) is 0 Å². The molecule has 0 aromatic heterocycles. The molecule has 0 radical (unpaired) electrons. The summed E-state index contributed by atoms with van der Waals surface area (Å²) in [5.74, 6) is -0.419. The molecule has 2 aliphatic rings. The summed E-state index contributed by atoms with van der Waals surface area (Å²) in [5, 5.41) is 6.40. The minimum atomic E-state index is -0.171. The van der Waals surface area contributed by atoms with Crippen LogP contribution in [0.1, 0.15) is 57.5 Å². The number of carbonyl (C=O) groups excluding carboxylic acids is 3. The van der Waals surface area contributed by atoms with Crippen molar-refractivity contribution in [3.63, 3.8) is 0 Å². The fraction of sp³-hybridized carbons (Fsp3) is 0.348. The fourth-order valence-corrected chi connectivity index (χ4v) is 3.90. The molecule has 2 aromatic rings. The summed E-state index contributed by atoms with van der Waals surface area (Å²) in [6.07, 6.45) is 3.37. The van der Waals surface area contributed by atoms with Gasteiger partial charge in [-0.15, -0.1) is 0 Å². The molecule has 0 bridgehead atoms. The van der Waals surface area contributed by atoms with Crippen molar-refractivity contribution in [2.45, 2.75) is 31.7 Å². The van der Waals surface area contributed by atoms with Crippen LogP contribution in [-0.4, -0.2) is 43.3 Å². The van der Waals surface area contributed by atoms with Crippen molar-refractivity contribution < 1.29 is 19.1 Å². The highest BCUT2D eigenvalue weighted by atomic mass is 16.5. The van der Waals surface area contributed by atoms with Gasteiger partial charge in [0.15, 0.2) is 11.6 Å². The average molecular weight is 392 g/mol. The smallest absolute Gasteiger partial charge is 0.323 e. The Morgan fingerprint density at radius 1 is 1.00 bits per heavy atom. The zero-order chi connectivity index (χ0) is 20.2. The monoisotopic (exact) mass is 392 g/mol. The predicted octanol–water partition coefficient (Wildman–Crippen LogP) is 2.95. The van der Waals surface area contributed by atoms with Crippen LogP contribution < -0.4 is 10.6 Å². The van der Waals surface area contributed by atoms with Crippen molar-refractivity contribution in [2.75, 3.05) is 25.0 Å². The molecule has 1 atom stereocenters. The van der Waals surface area contributed by atoms with Gasteiger partial charge < -0.3 is 15.4 Å². The highest BCUT2D eigenvalue weighted by Gasteiger charge is 2.31. The maximum Gasteiger partial charge on any atom is 0.323 e. The summed E-state index contributed by atoms with van der Waals surface area (Å²) in [7, 11) is 0. The number of hydrogen-bond donors (Lipinski definition) is 2. The Kier molecular flexibility index (Phi) is 5.71. The first-order valence-electron chi connectivity index (χ1n) is 10.1. The number of ether oxygens (including phenoxy) is 1. The normalized spacial score (nSPS) is 17.6. The van der Waals surface area contributed by atoms with Gasteiger partial charge in [-0.05, 0) is 38.3 Å². The van der Waals surface area contributed by atoms with Gasteiger partial charge in [-0.1, -0.05) is 36.4 Å². The summed E-state index contributed by atoms with van der Waals surface area (Å²) in [6.45, 7) is 1.88. The number of rotatable bonds is 7. The molecule has 4 rings (SSSR count). The number of nitrogens with one attached hydrogen (secondary N) is 2. The number of ketones is 2. The molecule has 1 heterocycles. The maximum absolute atomic E-state index is 13.0. The average Bonchev–Trinajstić information content (AvgIpc) is 3.29. The standard InChI is InChI=1S/C23H24N2O4/c26-21-15-7-1-2-8-16(15)22(27)20-17(21)9-5-10-18(20)24-12-3-4-14-29-23(28)19-11-6-13-25-19/h1-2,5,7-10,19,24-25H,3-4,6,11-14H2/t19-/m1/s1. The molecule has 1 saturated heterocycles. The number of unbranched alkanes of at least 4 members (excludes halogenated alkanes) is 1. The Hall–Kier alpha value is -2.99. The van der Waals surface area contributed by atoms with E-state index in [-0.39, 0.29) is 23.6 Å². The lowest BCUT2D eigenvalue weighted by Gasteiger charge is -2.20. The number of benzene rings is 2. The third-order valence-corrected chi connectivity index (χ3v) is 5.43. The van der Waals surface area contributed by atoms with Crippen molar-refractivity contribution in [3.8, 4) is 0 Å². The predicted molar refractivity (Wildman–Crippen MR) is 109 cm³/mol. The van der Waals surface area contributed by atoms with E-state index in [1.807, 2.05) is 6.07 Å². The van der Waals surface area contributed by atoms with Crippen LogP contribution in [-0.2, 0) is 9.53 Å². The molecular formula is C23H24N2O4. The zero-order valence-corrected chi connectivity index (χ0v) is 16.2.